The zero-order valence-corrected chi connectivity index (χ0v) is 11.8. The lowest BCUT2D eigenvalue weighted by Gasteiger charge is -2.13. The van der Waals surface area contributed by atoms with Gasteiger partial charge in [0.25, 0.3) is 0 Å². The predicted molar refractivity (Wildman–Crippen MR) is 71.4 cm³/mol. The number of carbonyl (C=O) groups excluding carboxylic acids is 1. The normalized spacial score (nSPS) is 11.7. The summed E-state index contributed by atoms with van der Waals surface area (Å²) in [7, 11) is 0. The molecule has 0 aromatic carbocycles. The molecule has 1 aromatic heterocycles. The molecule has 0 saturated heterocycles. The molecule has 0 saturated carbocycles. The summed E-state index contributed by atoms with van der Waals surface area (Å²) in [5, 5.41) is 18.4. The van der Waals surface area contributed by atoms with E-state index in [0.717, 1.165) is 11.3 Å². The van der Waals surface area contributed by atoms with Gasteiger partial charge in [0.05, 0.1) is 12.2 Å². The van der Waals surface area contributed by atoms with Gasteiger partial charge in [0.2, 0.25) is 0 Å². The second-order valence-electron chi connectivity index (χ2n) is 3.59. The van der Waals surface area contributed by atoms with Crippen LogP contribution in [0.3, 0.4) is 0 Å². The molecule has 3 N–H and O–H groups in total. The van der Waals surface area contributed by atoms with Crippen LogP contribution in [0.2, 0.25) is 0 Å². The number of anilines is 1. The monoisotopic (exact) mass is 298 g/mol. The third-order valence-electron chi connectivity index (χ3n) is 2.36. The zero-order valence-electron chi connectivity index (χ0n) is 11.0. The molecule has 7 nitrogen and oxygen atoms in total. The van der Waals surface area contributed by atoms with E-state index in [1.807, 2.05) is 6.07 Å². The smallest absolute Gasteiger partial charge is 0.348 e. The van der Waals surface area contributed by atoms with E-state index in [1.165, 1.54) is 0 Å². The Kier molecular flexibility index (Phi) is 5.49. The van der Waals surface area contributed by atoms with Crippen molar-refractivity contribution in [1.29, 1.82) is 5.26 Å². The Bertz CT molecular complexity index is 561. The maximum atomic E-state index is 11.9. The van der Waals surface area contributed by atoms with Crippen molar-refractivity contribution in [3.05, 3.63) is 16.0 Å². The average molecular weight is 298 g/mol. The second kappa shape index (κ2) is 6.88. The number of thiophene rings is 1. The number of aliphatic carboxylic acids is 1. The van der Waals surface area contributed by atoms with Crippen molar-refractivity contribution in [2.75, 3.05) is 18.9 Å². The van der Waals surface area contributed by atoms with Crippen LogP contribution in [0.4, 0.5) is 5.00 Å². The SMILES string of the molecule is CCOC(=O)c1sc(N)c(C#N)c1C(OCC)C(=O)O. The van der Waals surface area contributed by atoms with E-state index < -0.39 is 18.0 Å². The third-order valence-corrected chi connectivity index (χ3v) is 3.38. The number of nitrogens with zero attached hydrogens (tertiary/aromatic N) is 1. The van der Waals surface area contributed by atoms with Crippen LogP contribution in [-0.2, 0) is 14.3 Å². The van der Waals surface area contributed by atoms with Gasteiger partial charge in [-0.15, -0.1) is 11.3 Å². The molecule has 1 heterocycles. The van der Waals surface area contributed by atoms with Crippen molar-refractivity contribution in [2.45, 2.75) is 20.0 Å². The summed E-state index contributed by atoms with van der Waals surface area (Å²) in [5.41, 5.74) is 5.56. The third kappa shape index (κ3) is 3.07. The maximum Gasteiger partial charge on any atom is 0.348 e. The highest BCUT2D eigenvalue weighted by Crippen LogP contribution is 2.37. The number of nitrogens with two attached hydrogens (primary N) is 1. The number of carboxylic acid groups (broad SMARTS) is 1. The predicted octanol–water partition coefficient (Wildman–Crippen LogP) is 1.54. The highest BCUT2D eigenvalue weighted by atomic mass is 32.1. The van der Waals surface area contributed by atoms with Crippen molar-refractivity contribution in [1.82, 2.24) is 0 Å². The molecule has 1 rings (SSSR count). The summed E-state index contributed by atoms with van der Waals surface area (Å²) in [4.78, 5) is 23.1. The largest absolute Gasteiger partial charge is 0.479 e. The van der Waals surface area contributed by atoms with Crippen LogP contribution in [0.1, 0.15) is 40.8 Å². The molecule has 0 aliphatic rings. The minimum absolute atomic E-state index is 0.0123. The first-order valence-electron chi connectivity index (χ1n) is 5.81. The lowest BCUT2D eigenvalue weighted by atomic mass is 10.0. The fourth-order valence-electron chi connectivity index (χ4n) is 1.62. The van der Waals surface area contributed by atoms with Crippen molar-refractivity contribution in [2.24, 2.45) is 0 Å². The molecule has 20 heavy (non-hydrogen) atoms. The van der Waals surface area contributed by atoms with Gasteiger partial charge in [-0.05, 0) is 13.8 Å². The van der Waals surface area contributed by atoms with Gasteiger partial charge in [-0.3, -0.25) is 0 Å². The van der Waals surface area contributed by atoms with Crippen LogP contribution in [-0.4, -0.2) is 30.3 Å². The summed E-state index contributed by atoms with van der Waals surface area (Å²) in [5.74, 6) is -2.02. The molecule has 0 bridgehead atoms. The number of rotatable bonds is 6. The minimum Gasteiger partial charge on any atom is -0.479 e. The Hall–Kier alpha value is -2.11. The zero-order chi connectivity index (χ0) is 15.3. The van der Waals surface area contributed by atoms with Crippen molar-refractivity contribution < 1.29 is 24.2 Å². The number of carboxylic acids is 1. The summed E-state index contributed by atoms with van der Waals surface area (Å²) in [6.45, 7) is 3.48. The Morgan fingerprint density at radius 3 is 2.55 bits per heavy atom. The number of ether oxygens (including phenoxy) is 2. The van der Waals surface area contributed by atoms with E-state index in [-0.39, 0.29) is 34.2 Å². The van der Waals surface area contributed by atoms with Gasteiger partial charge in [0.1, 0.15) is 15.9 Å². The van der Waals surface area contributed by atoms with E-state index in [0.29, 0.717) is 0 Å². The summed E-state index contributed by atoms with van der Waals surface area (Å²) in [6.07, 6.45) is -1.43. The minimum atomic E-state index is -1.43. The Balaban J connectivity index is 3.43. The number of nitriles is 1. The Morgan fingerprint density at radius 1 is 1.45 bits per heavy atom. The Morgan fingerprint density at radius 2 is 2.10 bits per heavy atom. The summed E-state index contributed by atoms with van der Waals surface area (Å²) >= 11 is 0.823. The van der Waals surface area contributed by atoms with Gasteiger partial charge in [0.15, 0.2) is 6.10 Å². The molecule has 0 aliphatic carbocycles. The first-order valence-corrected chi connectivity index (χ1v) is 6.63. The molecule has 1 unspecified atom stereocenters. The van der Waals surface area contributed by atoms with E-state index in [4.69, 9.17) is 20.5 Å². The number of hydrogen-bond acceptors (Lipinski definition) is 7. The van der Waals surface area contributed by atoms with Crippen LogP contribution in [0.5, 0.6) is 0 Å². The topological polar surface area (TPSA) is 123 Å². The molecule has 0 fully saturated rings. The van der Waals surface area contributed by atoms with E-state index in [9.17, 15) is 14.7 Å². The molecule has 0 amide bonds. The Labute approximate surface area is 119 Å². The highest BCUT2D eigenvalue weighted by Gasteiger charge is 2.33. The second-order valence-corrected chi connectivity index (χ2v) is 4.64. The lowest BCUT2D eigenvalue weighted by Crippen LogP contribution is -2.19. The molecular weight excluding hydrogens is 284 g/mol. The number of carbonyl (C=O) groups is 2. The van der Waals surface area contributed by atoms with Crippen LogP contribution in [0.15, 0.2) is 0 Å². The van der Waals surface area contributed by atoms with E-state index in [2.05, 4.69) is 0 Å². The maximum absolute atomic E-state index is 11.9. The van der Waals surface area contributed by atoms with Crippen molar-refractivity contribution >= 4 is 28.3 Å². The molecule has 0 aliphatic heterocycles. The molecule has 8 heteroatoms. The first kappa shape index (κ1) is 15.9. The van der Waals surface area contributed by atoms with Crippen LogP contribution in [0, 0.1) is 11.3 Å². The highest BCUT2D eigenvalue weighted by molar-refractivity contribution is 7.18. The van der Waals surface area contributed by atoms with Crippen LogP contribution < -0.4 is 5.73 Å². The summed E-state index contributed by atoms with van der Waals surface area (Å²) < 4.78 is 9.95. The number of esters is 1. The van der Waals surface area contributed by atoms with Crippen molar-refractivity contribution in [3.8, 4) is 6.07 Å². The van der Waals surface area contributed by atoms with Gasteiger partial charge < -0.3 is 20.3 Å². The number of nitrogen functional groups attached to an aromatic ring is 1. The fraction of sp³-hybridized carbons (Fsp3) is 0.417. The van der Waals surface area contributed by atoms with Crippen LogP contribution in [0.25, 0.3) is 0 Å². The van der Waals surface area contributed by atoms with Crippen molar-refractivity contribution in [3.63, 3.8) is 0 Å². The standard InChI is InChI=1S/C12H14N2O5S/c1-3-18-8(11(15)16)7-6(5-13)10(14)20-9(7)12(17)19-4-2/h8H,3-4,14H2,1-2H3,(H,15,16). The van der Waals surface area contributed by atoms with Gasteiger partial charge in [-0.1, -0.05) is 0 Å². The van der Waals surface area contributed by atoms with Gasteiger partial charge >= 0.3 is 11.9 Å². The molecule has 108 valence electrons. The quantitative estimate of drug-likeness (QED) is 0.763. The first-order chi connectivity index (χ1) is 9.47. The molecule has 1 atom stereocenters. The van der Waals surface area contributed by atoms with E-state index >= 15 is 0 Å². The lowest BCUT2D eigenvalue weighted by molar-refractivity contribution is -0.150. The van der Waals surface area contributed by atoms with Crippen LogP contribution >= 0.6 is 11.3 Å². The molecule has 0 radical (unpaired) electrons. The number of hydrogen-bond donors (Lipinski definition) is 2. The fourth-order valence-corrected chi connectivity index (χ4v) is 2.56. The molecule has 1 aromatic rings. The van der Waals surface area contributed by atoms with Gasteiger partial charge in [-0.2, -0.15) is 5.26 Å². The van der Waals surface area contributed by atoms with Gasteiger partial charge in [-0.25, -0.2) is 9.59 Å². The molecular formula is C12H14N2O5S. The average Bonchev–Trinajstić information content (AvgIpc) is 2.72. The molecule has 0 spiro atoms. The van der Waals surface area contributed by atoms with E-state index in [1.54, 1.807) is 13.8 Å². The van der Waals surface area contributed by atoms with Gasteiger partial charge in [0, 0.05) is 12.2 Å². The summed E-state index contributed by atoms with van der Waals surface area (Å²) in [6, 6.07) is 1.81.